The molecular weight excluding hydrogens is 286 g/mol. The summed E-state index contributed by atoms with van der Waals surface area (Å²) in [4.78, 5) is 13.9. The predicted molar refractivity (Wildman–Crippen MR) is 83.3 cm³/mol. The van der Waals surface area contributed by atoms with Crippen LogP contribution in [0.15, 0.2) is 36.4 Å². The van der Waals surface area contributed by atoms with Crippen molar-refractivity contribution in [3.05, 3.63) is 36.4 Å². The summed E-state index contributed by atoms with van der Waals surface area (Å²) < 4.78 is 4.37. The van der Waals surface area contributed by atoms with Gasteiger partial charge in [0.05, 0.1) is 5.69 Å². The minimum absolute atomic E-state index is 0.116. The Morgan fingerprint density at radius 2 is 2.24 bits per heavy atom. The van der Waals surface area contributed by atoms with Crippen LogP contribution in [0.4, 0.5) is 9.80 Å². The number of aliphatic hydroxyl groups is 1. The number of hydrogen-bond donors (Lipinski definition) is 2. The number of aliphatic hydroxyl groups excluding tert-OH is 1. The number of benzene rings is 1. The maximum absolute atomic E-state index is 12.1. The highest BCUT2D eigenvalue weighted by Gasteiger charge is 2.25. The number of aromatic nitrogens is 1. The molecule has 1 fully saturated rings. The van der Waals surface area contributed by atoms with E-state index in [9.17, 15) is 4.79 Å². The zero-order chi connectivity index (χ0) is 14.7. The van der Waals surface area contributed by atoms with Crippen LogP contribution >= 0.6 is 11.5 Å². The number of anilines is 1. The SMILES string of the molecule is O=C(Nc1cc(-c2ccccc2)ns1)N1CCC(CO)C1. The second kappa shape index (κ2) is 6.24. The van der Waals surface area contributed by atoms with Gasteiger partial charge in [-0.2, -0.15) is 4.37 Å². The molecule has 1 aliphatic heterocycles. The van der Waals surface area contributed by atoms with Crippen LogP contribution in [0.1, 0.15) is 6.42 Å². The summed E-state index contributed by atoms with van der Waals surface area (Å²) >= 11 is 1.28. The third-order valence-electron chi connectivity index (χ3n) is 3.64. The first-order chi connectivity index (χ1) is 10.3. The zero-order valence-electron chi connectivity index (χ0n) is 11.5. The quantitative estimate of drug-likeness (QED) is 0.916. The number of carbonyl (C=O) groups excluding carboxylic acids is 1. The minimum atomic E-state index is -0.116. The third kappa shape index (κ3) is 3.22. The highest BCUT2D eigenvalue weighted by atomic mass is 32.1. The van der Waals surface area contributed by atoms with Crippen molar-refractivity contribution in [2.24, 2.45) is 5.92 Å². The summed E-state index contributed by atoms with van der Waals surface area (Å²) in [6, 6.07) is 11.6. The second-order valence-corrected chi connectivity index (χ2v) is 5.96. The summed E-state index contributed by atoms with van der Waals surface area (Å²) in [5.41, 5.74) is 1.90. The molecule has 110 valence electrons. The maximum Gasteiger partial charge on any atom is 0.322 e. The molecule has 3 rings (SSSR count). The average molecular weight is 303 g/mol. The molecule has 1 aromatic carbocycles. The smallest absolute Gasteiger partial charge is 0.322 e. The number of urea groups is 1. The number of hydrogen-bond acceptors (Lipinski definition) is 4. The van der Waals surface area contributed by atoms with Crippen LogP contribution in [-0.2, 0) is 0 Å². The van der Waals surface area contributed by atoms with Gasteiger partial charge in [0.2, 0.25) is 0 Å². The van der Waals surface area contributed by atoms with Gasteiger partial charge in [0.25, 0.3) is 0 Å². The molecule has 0 aliphatic carbocycles. The van der Waals surface area contributed by atoms with Gasteiger partial charge in [-0.15, -0.1) is 0 Å². The lowest BCUT2D eigenvalue weighted by molar-refractivity contribution is 0.209. The molecule has 2 heterocycles. The van der Waals surface area contributed by atoms with E-state index < -0.39 is 0 Å². The van der Waals surface area contributed by atoms with Crippen LogP contribution in [0.5, 0.6) is 0 Å². The van der Waals surface area contributed by atoms with Gasteiger partial charge in [0, 0.05) is 37.2 Å². The van der Waals surface area contributed by atoms with Gasteiger partial charge < -0.3 is 10.0 Å². The van der Waals surface area contributed by atoms with Crippen LogP contribution in [0.2, 0.25) is 0 Å². The van der Waals surface area contributed by atoms with E-state index in [1.165, 1.54) is 11.5 Å². The first-order valence-electron chi connectivity index (χ1n) is 6.95. The Hall–Kier alpha value is -1.92. The molecule has 2 N–H and O–H groups in total. The molecule has 1 atom stereocenters. The topological polar surface area (TPSA) is 65.5 Å². The Morgan fingerprint density at radius 1 is 1.43 bits per heavy atom. The molecule has 0 spiro atoms. The van der Waals surface area contributed by atoms with Crippen LogP contribution in [-0.4, -0.2) is 40.1 Å². The first kappa shape index (κ1) is 14.0. The van der Waals surface area contributed by atoms with E-state index in [0.29, 0.717) is 13.1 Å². The Bertz CT molecular complexity index is 614. The second-order valence-electron chi connectivity index (χ2n) is 5.16. The van der Waals surface area contributed by atoms with E-state index in [1.54, 1.807) is 4.90 Å². The third-order valence-corrected chi connectivity index (χ3v) is 4.35. The van der Waals surface area contributed by atoms with Gasteiger partial charge in [0.1, 0.15) is 5.00 Å². The van der Waals surface area contributed by atoms with Crippen molar-refractivity contribution >= 4 is 22.6 Å². The van der Waals surface area contributed by atoms with Crippen molar-refractivity contribution in [1.82, 2.24) is 9.27 Å². The normalized spacial score (nSPS) is 18.0. The van der Waals surface area contributed by atoms with Gasteiger partial charge in [-0.25, -0.2) is 4.79 Å². The summed E-state index contributed by atoms with van der Waals surface area (Å²) in [7, 11) is 0. The molecule has 1 aliphatic rings. The van der Waals surface area contributed by atoms with Crippen LogP contribution in [0, 0.1) is 5.92 Å². The van der Waals surface area contributed by atoms with Crippen molar-refractivity contribution in [3.63, 3.8) is 0 Å². The molecule has 2 aromatic rings. The molecule has 1 unspecified atom stereocenters. The number of nitrogens with one attached hydrogen (secondary N) is 1. The molecule has 6 heteroatoms. The van der Waals surface area contributed by atoms with Crippen molar-refractivity contribution in [1.29, 1.82) is 0 Å². The summed E-state index contributed by atoms with van der Waals surface area (Å²) in [6.45, 7) is 1.45. The monoisotopic (exact) mass is 303 g/mol. The summed E-state index contributed by atoms with van der Waals surface area (Å²) in [6.07, 6.45) is 0.863. The van der Waals surface area contributed by atoms with E-state index in [-0.39, 0.29) is 18.6 Å². The lowest BCUT2D eigenvalue weighted by Crippen LogP contribution is -2.33. The number of amides is 2. The van der Waals surface area contributed by atoms with Gasteiger partial charge in [0.15, 0.2) is 0 Å². The number of rotatable bonds is 3. The Morgan fingerprint density at radius 3 is 2.95 bits per heavy atom. The van der Waals surface area contributed by atoms with Gasteiger partial charge >= 0.3 is 6.03 Å². The molecule has 1 saturated heterocycles. The molecule has 2 amide bonds. The van der Waals surface area contributed by atoms with E-state index in [4.69, 9.17) is 5.11 Å². The molecule has 5 nitrogen and oxygen atoms in total. The Labute approximate surface area is 127 Å². The molecule has 21 heavy (non-hydrogen) atoms. The van der Waals surface area contributed by atoms with E-state index in [0.717, 1.165) is 22.7 Å². The van der Waals surface area contributed by atoms with E-state index in [2.05, 4.69) is 9.69 Å². The van der Waals surface area contributed by atoms with Gasteiger partial charge in [-0.05, 0) is 18.0 Å². The molecule has 1 aromatic heterocycles. The van der Waals surface area contributed by atoms with Gasteiger partial charge in [-0.3, -0.25) is 5.32 Å². The fraction of sp³-hybridized carbons (Fsp3) is 0.333. The molecule has 0 bridgehead atoms. The average Bonchev–Trinajstić information content (AvgIpc) is 3.17. The summed E-state index contributed by atoms with van der Waals surface area (Å²) in [5.74, 6) is 0.206. The molecular formula is C15H17N3O2S. The largest absolute Gasteiger partial charge is 0.396 e. The predicted octanol–water partition coefficient (Wildman–Crippen LogP) is 2.66. The minimum Gasteiger partial charge on any atom is -0.396 e. The number of carbonyl (C=O) groups is 1. The Balaban J connectivity index is 1.64. The Kier molecular flexibility index (Phi) is 4.17. The number of nitrogens with zero attached hydrogens (tertiary/aromatic N) is 2. The first-order valence-corrected chi connectivity index (χ1v) is 7.72. The van der Waals surface area contributed by atoms with Crippen molar-refractivity contribution in [2.45, 2.75) is 6.42 Å². The standard InChI is InChI=1S/C15H17N3O2S/c19-10-11-6-7-18(9-11)15(20)16-14-8-13(17-21-14)12-4-2-1-3-5-12/h1-5,8,11,19H,6-7,9-10H2,(H,16,20). The van der Waals surface area contributed by atoms with Crippen molar-refractivity contribution in [2.75, 3.05) is 25.0 Å². The highest BCUT2D eigenvalue weighted by Crippen LogP contribution is 2.26. The lowest BCUT2D eigenvalue weighted by atomic mass is 10.1. The van der Waals surface area contributed by atoms with Crippen LogP contribution in [0.25, 0.3) is 11.3 Å². The van der Waals surface area contributed by atoms with Crippen LogP contribution in [0.3, 0.4) is 0 Å². The van der Waals surface area contributed by atoms with Crippen LogP contribution < -0.4 is 5.32 Å². The molecule has 0 saturated carbocycles. The van der Waals surface area contributed by atoms with Gasteiger partial charge in [-0.1, -0.05) is 30.3 Å². The van der Waals surface area contributed by atoms with Crippen molar-refractivity contribution < 1.29 is 9.90 Å². The van der Waals surface area contributed by atoms with E-state index in [1.807, 2.05) is 36.4 Å². The molecule has 0 radical (unpaired) electrons. The number of likely N-dealkylation sites (tertiary alicyclic amines) is 1. The zero-order valence-corrected chi connectivity index (χ0v) is 12.3. The summed E-state index contributed by atoms with van der Waals surface area (Å²) in [5, 5.41) is 12.7. The fourth-order valence-corrected chi connectivity index (χ4v) is 3.08. The fourth-order valence-electron chi connectivity index (χ4n) is 2.43. The van der Waals surface area contributed by atoms with E-state index >= 15 is 0 Å². The highest BCUT2D eigenvalue weighted by molar-refractivity contribution is 7.10. The lowest BCUT2D eigenvalue weighted by Gasteiger charge is -2.15. The maximum atomic E-state index is 12.1. The van der Waals surface area contributed by atoms with Crippen molar-refractivity contribution in [3.8, 4) is 11.3 Å².